The third kappa shape index (κ3) is 4.72. The molecule has 0 spiro atoms. The van der Waals surface area contributed by atoms with Gasteiger partial charge in [0.15, 0.2) is 9.84 Å². The number of hydrogen-bond acceptors (Lipinski definition) is 8. The van der Waals surface area contributed by atoms with Crippen LogP contribution in [0.15, 0.2) is 58.0 Å². The first kappa shape index (κ1) is 24.0. The molecule has 0 atom stereocenters. The van der Waals surface area contributed by atoms with Gasteiger partial charge in [0, 0.05) is 20.5 Å². The third-order valence-electron chi connectivity index (χ3n) is 5.32. The molecule has 2 heterocycles. The van der Waals surface area contributed by atoms with E-state index in [1.54, 1.807) is 39.1 Å². The molecule has 2 aromatic heterocycles. The van der Waals surface area contributed by atoms with Gasteiger partial charge in [-0.1, -0.05) is 29.8 Å². The van der Waals surface area contributed by atoms with Crippen LogP contribution < -0.4 is 5.32 Å². The Kier molecular flexibility index (Phi) is 6.79. The predicted molar refractivity (Wildman–Crippen MR) is 135 cm³/mol. The van der Waals surface area contributed by atoms with E-state index in [0.29, 0.717) is 28.5 Å². The molecule has 2 aromatic carbocycles. The minimum absolute atomic E-state index is 0. The Balaban J connectivity index is 0.00000228. The molecule has 0 aliphatic rings. The van der Waals surface area contributed by atoms with Gasteiger partial charge in [-0.05, 0) is 57.6 Å². The quantitative estimate of drug-likeness (QED) is 0.367. The van der Waals surface area contributed by atoms with Gasteiger partial charge in [0.25, 0.3) is 5.89 Å². The van der Waals surface area contributed by atoms with Crippen LogP contribution >= 0.6 is 11.6 Å². The molecule has 1 N–H and O–H groups in total. The highest BCUT2D eigenvalue weighted by molar-refractivity contribution is 7.92. The molecule has 0 fully saturated rings. The van der Waals surface area contributed by atoms with Crippen molar-refractivity contribution < 1.29 is 15.7 Å². The molecule has 0 unspecified atom stereocenters. The molecule has 34 heavy (non-hydrogen) atoms. The van der Waals surface area contributed by atoms with Crippen LogP contribution in [0.2, 0.25) is 5.02 Å². The molecule has 0 saturated heterocycles. The van der Waals surface area contributed by atoms with Crippen LogP contribution in [0.3, 0.4) is 0 Å². The van der Waals surface area contributed by atoms with E-state index in [4.69, 9.17) is 16.0 Å². The largest absolute Gasteiger partial charge is 0.415 e. The summed E-state index contributed by atoms with van der Waals surface area (Å²) < 4.78 is 30.9. The van der Waals surface area contributed by atoms with Gasteiger partial charge in [0.2, 0.25) is 5.89 Å². The summed E-state index contributed by atoms with van der Waals surface area (Å²) in [5.41, 5.74) is 4.14. The van der Waals surface area contributed by atoms with E-state index < -0.39 is 15.1 Å². The lowest BCUT2D eigenvalue weighted by atomic mass is 10.1. The van der Waals surface area contributed by atoms with Crippen LogP contribution in [0.4, 0.5) is 0 Å². The number of rotatable bonds is 7. The first-order chi connectivity index (χ1) is 16.2. The van der Waals surface area contributed by atoms with Crippen LogP contribution in [0.5, 0.6) is 0 Å². The van der Waals surface area contributed by atoms with Gasteiger partial charge in [-0.25, -0.2) is 13.4 Å². The number of nitrogens with one attached hydrogen (secondary N) is 1. The van der Waals surface area contributed by atoms with Gasteiger partial charge in [-0.2, -0.15) is 0 Å². The Morgan fingerprint density at radius 3 is 2.38 bits per heavy atom. The third-order valence-corrected chi connectivity index (χ3v) is 7.95. The second-order valence-electron chi connectivity index (χ2n) is 8.07. The summed E-state index contributed by atoms with van der Waals surface area (Å²) in [4.78, 5) is 9.16. The van der Waals surface area contributed by atoms with Gasteiger partial charge in [-0.3, -0.25) is 4.98 Å². The topological polar surface area (TPSA) is 111 Å². The zero-order valence-corrected chi connectivity index (χ0v) is 20.8. The van der Waals surface area contributed by atoms with E-state index in [0.717, 1.165) is 17.7 Å². The van der Waals surface area contributed by atoms with Crippen LogP contribution in [0.25, 0.3) is 34.3 Å². The molecule has 0 aliphatic carbocycles. The zero-order chi connectivity index (χ0) is 24.5. The van der Waals surface area contributed by atoms with Crippen LogP contribution in [0.1, 0.15) is 28.0 Å². The van der Waals surface area contributed by atoms with Crippen molar-refractivity contribution in [1.82, 2.24) is 25.5 Å². The Bertz CT molecular complexity index is 1440. The van der Waals surface area contributed by atoms with E-state index in [1.807, 2.05) is 31.3 Å². The van der Waals surface area contributed by atoms with Crippen molar-refractivity contribution in [3.05, 3.63) is 64.9 Å². The average molecular weight is 502 g/mol. The van der Waals surface area contributed by atoms with Gasteiger partial charge in [0.05, 0.1) is 32.8 Å². The summed E-state index contributed by atoms with van der Waals surface area (Å²) >= 11 is 6.33. The predicted octanol–water partition coefficient (Wildman–Crippen LogP) is 5.22. The lowest BCUT2D eigenvalue weighted by Gasteiger charge is -2.11. The van der Waals surface area contributed by atoms with Crippen molar-refractivity contribution in [1.29, 1.82) is 0 Å². The number of hydrogen-bond donors (Lipinski definition) is 1. The van der Waals surface area contributed by atoms with Gasteiger partial charge < -0.3 is 9.73 Å². The van der Waals surface area contributed by atoms with Crippen molar-refractivity contribution in [2.24, 2.45) is 0 Å². The van der Waals surface area contributed by atoms with E-state index in [1.165, 1.54) is 6.07 Å². The summed E-state index contributed by atoms with van der Waals surface area (Å²) in [7, 11) is -1.60. The number of halogens is 1. The fraction of sp³-hybridized carbons (Fsp3) is 0.250. The summed E-state index contributed by atoms with van der Waals surface area (Å²) in [6.45, 7) is 5.80. The molecule has 180 valence electrons. The van der Waals surface area contributed by atoms with Gasteiger partial charge in [0.1, 0.15) is 5.69 Å². The highest BCUT2D eigenvalue weighted by atomic mass is 35.5. The van der Waals surface area contributed by atoms with Crippen molar-refractivity contribution in [2.75, 3.05) is 7.05 Å². The Labute approximate surface area is 206 Å². The lowest BCUT2D eigenvalue weighted by molar-refractivity contribution is 0.581. The second kappa shape index (κ2) is 9.61. The average Bonchev–Trinajstić information content (AvgIpc) is 3.30. The molecule has 0 amide bonds. The lowest BCUT2D eigenvalue weighted by Crippen LogP contribution is -2.14. The minimum atomic E-state index is -3.50. The van der Waals surface area contributed by atoms with Crippen LogP contribution in [-0.2, 0) is 16.4 Å². The standard InChI is InChI=1S/C24H24ClN5O3S.2H2/c1-14(2)34(31,32)21-10-9-18(11-19(21)25)20-13-27-15(3)22(28-20)24-30-29-23(33-24)17-7-5-16(6-8-17)12-26-4;;/h5-11,13-14,26H,12H2,1-4H3;2*1H. The summed E-state index contributed by atoms with van der Waals surface area (Å²) in [6.07, 6.45) is 1.60. The highest BCUT2D eigenvalue weighted by Gasteiger charge is 2.23. The maximum absolute atomic E-state index is 12.5. The molecule has 0 bridgehead atoms. The normalized spacial score (nSPS) is 11.8. The monoisotopic (exact) mass is 501 g/mol. The number of sulfone groups is 1. The Morgan fingerprint density at radius 1 is 1.06 bits per heavy atom. The number of aromatic nitrogens is 4. The van der Waals surface area contributed by atoms with Crippen molar-refractivity contribution in [3.63, 3.8) is 0 Å². The molecule has 0 saturated carbocycles. The van der Waals surface area contributed by atoms with Gasteiger partial charge >= 0.3 is 0 Å². The van der Waals surface area contributed by atoms with E-state index in [9.17, 15) is 8.42 Å². The maximum Gasteiger partial charge on any atom is 0.268 e. The molecule has 8 nitrogen and oxygen atoms in total. The Hall–Kier alpha value is -3.14. The SMILES string of the molecule is CNCc1ccc(-c2nnc(-c3nc(-c4ccc(S(=O)(=O)C(C)C)c(Cl)c4)cnc3C)o2)cc1.[HH].[HH]. The fourth-order valence-electron chi connectivity index (χ4n) is 3.34. The smallest absolute Gasteiger partial charge is 0.268 e. The maximum atomic E-state index is 12.5. The summed E-state index contributed by atoms with van der Waals surface area (Å²) in [5.74, 6) is 0.621. The van der Waals surface area contributed by atoms with Crippen molar-refractivity contribution >= 4 is 21.4 Å². The summed E-state index contributed by atoms with van der Waals surface area (Å²) in [6, 6.07) is 12.6. The van der Waals surface area contributed by atoms with Gasteiger partial charge in [-0.15, -0.1) is 10.2 Å². The molecule has 10 heteroatoms. The Morgan fingerprint density at radius 2 is 1.74 bits per heavy atom. The summed E-state index contributed by atoms with van der Waals surface area (Å²) in [5, 5.41) is 11.0. The van der Waals surface area contributed by atoms with E-state index >= 15 is 0 Å². The van der Waals surface area contributed by atoms with Crippen molar-refractivity contribution in [3.8, 4) is 34.3 Å². The van der Waals surface area contributed by atoms with Crippen LogP contribution in [-0.4, -0.2) is 40.9 Å². The fourth-order valence-corrected chi connectivity index (χ4v) is 4.94. The van der Waals surface area contributed by atoms with E-state index in [-0.39, 0.29) is 18.7 Å². The van der Waals surface area contributed by atoms with Crippen molar-refractivity contribution in [2.45, 2.75) is 37.5 Å². The molecular weight excluding hydrogens is 474 g/mol. The van der Waals surface area contributed by atoms with Crippen LogP contribution in [0, 0.1) is 6.92 Å². The first-order valence-electron chi connectivity index (χ1n) is 10.7. The molecule has 4 rings (SSSR count). The number of benzene rings is 2. The molecular formula is C24H28ClN5O3S. The molecule has 4 aromatic rings. The number of nitrogens with zero attached hydrogens (tertiary/aromatic N) is 4. The first-order valence-corrected chi connectivity index (χ1v) is 12.6. The minimum Gasteiger partial charge on any atom is -0.415 e. The van der Waals surface area contributed by atoms with E-state index in [2.05, 4.69) is 25.5 Å². The highest BCUT2D eigenvalue weighted by Crippen LogP contribution is 2.31. The molecule has 0 radical (unpaired) electrons. The second-order valence-corrected chi connectivity index (χ2v) is 10.9. The zero-order valence-electron chi connectivity index (χ0n) is 19.2. The number of aryl methyl sites for hydroxylation is 1. The molecule has 0 aliphatic heterocycles.